The van der Waals surface area contributed by atoms with Crippen molar-refractivity contribution in [3.8, 4) is 0 Å². The second-order valence-electron chi connectivity index (χ2n) is 7.96. The van der Waals surface area contributed by atoms with Crippen LogP contribution in [0.25, 0.3) is 0 Å². The van der Waals surface area contributed by atoms with E-state index in [0.29, 0.717) is 25.7 Å². The number of carboxylic acid groups (broad SMARTS) is 2. The third kappa shape index (κ3) is 4.38. The highest BCUT2D eigenvalue weighted by molar-refractivity contribution is 5.87. The predicted molar refractivity (Wildman–Crippen MR) is 101 cm³/mol. The van der Waals surface area contributed by atoms with Crippen molar-refractivity contribution in [1.29, 1.82) is 0 Å². The van der Waals surface area contributed by atoms with E-state index >= 15 is 0 Å². The summed E-state index contributed by atoms with van der Waals surface area (Å²) in [6.45, 7) is 6.09. The lowest BCUT2D eigenvalue weighted by atomic mass is 9.50. The summed E-state index contributed by atoms with van der Waals surface area (Å²) in [5.41, 5.74) is -2.26. The summed E-state index contributed by atoms with van der Waals surface area (Å²) in [4.78, 5) is 25.4. The molecule has 2 unspecified atom stereocenters. The molecular weight excluding hydrogens is 316 g/mol. The zero-order valence-electron chi connectivity index (χ0n) is 16.5. The lowest BCUT2D eigenvalue weighted by Crippen LogP contribution is -2.57. The topological polar surface area (TPSA) is 74.6 Å². The highest BCUT2D eigenvalue weighted by Gasteiger charge is 2.63. The molecule has 0 bridgehead atoms. The van der Waals surface area contributed by atoms with E-state index in [4.69, 9.17) is 0 Å². The average molecular weight is 355 g/mol. The van der Waals surface area contributed by atoms with Crippen LogP contribution in [0.2, 0.25) is 0 Å². The molecule has 1 saturated carbocycles. The van der Waals surface area contributed by atoms with Crippen molar-refractivity contribution >= 4 is 11.9 Å². The van der Waals surface area contributed by atoms with E-state index in [-0.39, 0.29) is 5.92 Å². The van der Waals surface area contributed by atoms with Crippen LogP contribution in [0.3, 0.4) is 0 Å². The molecule has 2 N–H and O–H groups in total. The van der Waals surface area contributed by atoms with E-state index in [2.05, 4.69) is 6.92 Å². The number of hydrogen-bond donors (Lipinski definition) is 2. The molecular formula is C21H38O4. The molecule has 0 radical (unpaired) electrons. The largest absolute Gasteiger partial charge is 0.481 e. The fourth-order valence-electron chi connectivity index (χ4n) is 5.25. The van der Waals surface area contributed by atoms with Gasteiger partial charge in [-0.3, -0.25) is 9.59 Å². The molecule has 0 spiro atoms. The zero-order chi connectivity index (χ0) is 18.9. The van der Waals surface area contributed by atoms with Gasteiger partial charge in [0.1, 0.15) is 0 Å². The van der Waals surface area contributed by atoms with Gasteiger partial charge in [0.15, 0.2) is 0 Å². The minimum atomic E-state index is -1.14. The Bertz CT molecular complexity index is 428. The molecule has 0 aromatic rings. The van der Waals surface area contributed by atoms with Crippen molar-refractivity contribution < 1.29 is 19.8 Å². The molecule has 1 rings (SSSR count). The number of unbranched alkanes of at least 4 members (excludes halogenated alkanes) is 2. The summed E-state index contributed by atoms with van der Waals surface area (Å²) in [7, 11) is 0. The first-order valence-corrected chi connectivity index (χ1v) is 10.4. The van der Waals surface area contributed by atoms with E-state index < -0.39 is 22.8 Å². The first-order chi connectivity index (χ1) is 11.9. The number of hydrogen-bond acceptors (Lipinski definition) is 2. The fraction of sp³-hybridized carbons (Fsp3) is 0.905. The third-order valence-electron chi connectivity index (χ3n) is 6.51. The van der Waals surface area contributed by atoms with Gasteiger partial charge in [-0.2, -0.15) is 0 Å². The maximum Gasteiger partial charge on any atom is 0.311 e. The van der Waals surface area contributed by atoms with Crippen molar-refractivity contribution in [1.82, 2.24) is 0 Å². The predicted octanol–water partition coefficient (Wildman–Crippen LogP) is 5.89. The average Bonchev–Trinajstić information content (AvgIpc) is 2.60. The van der Waals surface area contributed by atoms with Crippen molar-refractivity contribution in [2.45, 2.75) is 104 Å². The van der Waals surface area contributed by atoms with Gasteiger partial charge in [-0.1, -0.05) is 72.1 Å². The molecule has 0 amide bonds. The highest BCUT2D eigenvalue weighted by atomic mass is 16.4. The zero-order valence-corrected chi connectivity index (χ0v) is 16.5. The maximum atomic E-state index is 12.8. The minimum Gasteiger partial charge on any atom is -0.481 e. The van der Waals surface area contributed by atoms with Crippen molar-refractivity contribution in [3.63, 3.8) is 0 Å². The van der Waals surface area contributed by atoms with Crippen LogP contribution in [-0.2, 0) is 9.59 Å². The molecule has 1 aliphatic rings. The van der Waals surface area contributed by atoms with Gasteiger partial charge in [0.2, 0.25) is 0 Å². The molecule has 146 valence electrons. The minimum absolute atomic E-state index is 0.00944. The van der Waals surface area contributed by atoms with Crippen LogP contribution in [0.15, 0.2) is 0 Å². The normalized spacial score (nSPS) is 20.6. The van der Waals surface area contributed by atoms with Gasteiger partial charge in [0.05, 0.1) is 10.8 Å². The summed E-state index contributed by atoms with van der Waals surface area (Å²) in [6, 6.07) is 0. The molecule has 4 heteroatoms. The standard InChI is InChI=1S/C21H38O4/c1-4-7-15-20(14-6-3,18(22)23)21(19(24)25,16-8-5-2)17-12-10-9-11-13-17/h17H,4-16H2,1-3H3,(H,22,23)(H,24,25). The van der Waals surface area contributed by atoms with Gasteiger partial charge in [-0.25, -0.2) is 0 Å². The Morgan fingerprint density at radius 1 is 0.800 bits per heavy atom. The monoisotopic (exact) mass is 354 g/mol. The summed E-state index contributed by atoms with van der Waals surface area (Å²) in [5.74, 6) is -1.75. The van der Waals surface area contributed by atoms with Gasteiger partial charge in [0.25, 0.3) is 0 Å². The first kappa shape index (κ1) is 22.0. The SMILES string of the molecule is CCCCC(CCC)(C(=O)O)C(CCCC)(C(=O)O)C1CCCCC1. The number of rotatable bonds is 12. The molecule has 25 heavy (non-hydrogen) atoms. The maximum absolute atomic E-state index is 12.8. The van der Waals surface area contributed by atoms with Crippen LogP contribution < -0.4 is 0 Å². The van der Waals surface area contributed by atoms with Crippen molar-refractivity contribution in [2.75, 3.05) is 0 Å². The molecule has 0 saturated heterocycles. The lowest BCUT2D eigenvalue weighted by Gasteiger charge is -2.51. The van der Waals surface area contributed by atoms with E-state index in [1.807, 2.05) is 13.8 Å². The number of carboxylic acids is 2. The Balaban J connectivity index is 3.52. The number of carbonyl (C=O) groups is 2. The fourth-order valence-corrected chi connectivity index (χ4v) is 5.25. The molecule has 0 aliphatic heterocycles. The van der Waals surface area contributed by atoms with E-state index in [0.717, 1.165) is 57.8 Å². The van der Waals surface area contributed by atoms with Gasteiger partial charge in [-0.15, -0.1) is 0 Å². The molecule has 1 aliphatic carbocycles. The smallest absolute Gasteiger partial charge is 0.311 e. The first-order valence-electron chi connectivity index (χ1n) is 10.4. The van der Waals surface area contributed by atoms with Crippen LogP contribution >= 0.6 is 0 Å². The third-order valence-corrected chi connectivity index (χ3v) is 6.51. The Hall–Kier alpha value is -1.06. The Morgan fingerprint density at radius 2 is 1.36 bits per heavy atom. The van der Waals surface area contributed by atoms with Crippen LogP contribution in [0.4, 0.5) is 0 Å². The molecule has 0 aromatic heterocycles. The summed E-state index contributed by atoms with van der Waals surface area (Å²) in [5, 5.41) is 20.8. The van der Waals surface area contributed by atoms with Crippen LogP contribution in [0.1, 0.15) is 104 Å². The van der Waals surface area contributed by atoms with Gasteiger partial charge in [0, 0.05) is 0 Å². The molecule has 0 aromatic carbocycles. The Labute approximate surface area is 153 Å². The van der Waals surface area contributed by atoms with Crippen LogP contribution in [-0.4, -0.2) is 22.2 Å². The molecule has 1 fully saturated rings. The van der Waals surface area contributed by atoms with Crippen molar-refractivity contribution in [2.24, 2.45) is 16.7 Å². The quantitative estimate of drug-likeness (QED) is 0.458. The molecule has 2 atom stereocenters. The Kier molecular flexibility index (Phi) is 8.95. The number of aliphatic carboxylic acids is 2. The van der Waals surface area contributed by atoms with Crippen LogP contribution in [0.5, 0.6) is 0 Å². The molecule has 4 nitrogen and oxygen atoms in total. The van der Waals surface area contributed by atoms with E-state index in [1.165, 1.54) is 0 Å². The summed E-state index contributed by atoms with van der Waals surface area (Å²) in [6.07, 6.45) is 10.4. The Morgan fingerprint density at radius 3 is 1.80 bits per heavy atom. The van der Waals surface area contributed by atoms with Gasteiger partial charge in [-0.05, 0) is 38.0 Å². The molecule has 0 heterocycles. The highest BCUT2D eigenvalue weighted by Crippen LogP contribution is 2.58. The van der Waals surface area contributed by atoms with E-state index in [1.54, 1.807) is 0 Å². The van der Waals surface area contributed by atoms with Gasteiger partial charge < -0.3 is 10.2 Å². The summed E-state index contributed by atoms with van der Waals surface area (Å²) < 4.78 is 0. The second-order valence-corrected chi connectivity index (χ2v) is 7.96. The van der Waals surface area contributed by atoms with Crippen LogP contribution in [0, 0.1) is 16.7 Å². The lowest BCUT2D eigenvalue weighted by molar-refractivity contribution is -0.187. The van der Waals surface area contributed by atoms with Gasteiger partial charge >= 0.3 is 11.9 Å². The van der Waals surface area contributed by atoms with Crippen molar-refractivity contribution in [3.05, 3.63) is 0 Å². The second kappa shape index (κ2) is 10.2. The summed E-state index contributed by atoms with van der Waals surface area (Å²) >= 11 is 0. The van der Waals surface area contributed by atoms with E-state index in [9.17, 15) is 19.8 Å².